The molecule has 0 bridgehead atoms. The minimum absolute atomic E-state index is 0.0189. The number of carbonyl (C=O) groups is 1. The van der Waals surface area contributed by atoms with E-state index in [9.17, 15) is 4.79 Å². The summed E-state index contributed by atoms with van der Waals surface area (Å²) in [5.74, 6) is 0.0189. The van der Waals surface area contributed by atoms with Gasteiger partial charge in [0.15, 0.2) is 0 Å². The van der Waals surface area contributed by atoms with Gasteiger partial charge in [0.25, 0.3) is 5.91 Å². The lowest BCUT2D eigenvalue weighted by Gasteiger charge is -2.40. The van der Waals surface area contributed by atoms with Crippen LogP contribution in [0.5, 0.6) is 0 Å². The second-order valence-electron chi connectivity index (χ2n) is 6.59. The molecule has 0 spiro atoms. The van der Waals surface area contributed by atoms with Crippen LogP contribution in [-0.4, -0.2) is 47.4 Å². The number of nitrogens with zero attached hydrogens (tertiary/aromatic N) is 3. The van der Waals surface area contributed by atoms with Gasteiger partial charge in [-0.05, 0) is 12.6 Å². The Bertz CT molecular complexity index is 879. The Morgan fingerprint density at radius 2 is 1.73 bits per heavy atom. The summed E-state index contributed by atoms with van der Waals surface area (Å²) in [4.78, 5) is 22.0. The molecule has 5 heteroatoms. The van der Waals surface area contributed by atoms with Gasteiger partial charge in [0.05, 0.1) is 6.04 Å². The van der Waals surface area contributed by atoms with E-state index in [1.807, 2.05) is 58.8 Å². The van der Waals surface area contributed by atoms with E-state index in [-0.39, 0.29) is 11.9 Å². The fourth-order valence-electron chi connectivity index (χ4n) is 3.36. The number of carbonyl (C=O) groups excluding carboxylic acids is 1. The van der Waals surface area contributed by atoms with Gasteiger partial charge in [-0.15, -0.1) is 11.3 Å². The highest BCUT2D eigenvalue weighted by Crippen LogP contribution is 2.29. The SMILES string of the molecule is CN1CCN(C(=O)c2csc(-c3ccccc3)n2)C(c2ccccc2)C1. The van der Waals surface area contributed by atoms with Crippen molar-refractivity contribution in [2.24, 2.45) is 0 Å². The fourth-order valence-corrected chi connectivity index (χ4v) is 4.16. The van der Waals surface area contributed by atoms with E-state index in [2.05, 4.69) is 29.1 Å². The third-order valence-corrected chi connectivity index (χ3v) is 5.66. The molecule has 132 valence electrons. The topological polar surface area (TPSA) is 36.4 Å². The molecule has 3 aromatic rings. The smallest absolute Gasteiger partial charge is 0.273 e. The fraction of sp³-hybridized carbons (Fsp3) is 0.238. The van der Waals surface area contributed by atoms with Gasteiger partial charge >= 0.3 is 0 Å². The first-order valence-corrected chi connectivity index (χ1v) is 9.66. The molecule has 1 saturated heterocycles. The molecular formula is C21H21N3OS. The second-order valence-corrected chi connectivity index (χ2v) is 7.45. The van der Waals surface area contributed by atoms with Gasteiger partial charge in [-0.25, -0.2) is 4.98 Å². The monoisotopic (exact) mass is 363 g/mol. The number of hydrogen-bond acceptors (Lipinski definition) is 4. The second kappa shape index (κ2) is 7.40. The van der Waals surface area contributed by atoms with E-state index in [1.54, 1.807) is 0 Å². The van der Waals surface area contributed by atoms with E-state index in [0.29, 0.717) is 12.2 Å². The molecule has 1 aliphatic rings. The van der Waals surface area contributed by atoms with Crippen LogP contribution in [0.4, 0.5) is 0 Å². The maximum atomic E-state index is 13.2. The molecule has 0 aliphatic carbocycles. The van der Waals surface area contributed by atoms with Gasteiger partial charge in [0, 0.05) is 30.6 Å². The highest BCUT2D eigenvalue weighted by molar-refractivity contribution is 7.13. The molecule has 0 N–H and O–H groups in total. The Morgan fingerprint density at radius 1 is 1.04 bits per heavy atom. The normalized spacial score (nSPS) is 18.0. The van der Waals surface area contributed by atoms with Crippen molar-refractivity contribution >= 4 is 17.2 Å². The minimum Gasteiger partial charge on any atom is -0.328 e. The predicted molar refractivity (Wildman–Crippen MR) is 105 cm³/mol. The Labute approximate surface area is 157 Å². The van der Waals surface area contributed by atoms with Crippen molar-refractivity contribution in [3.63, 3.8) is 0 Å². The molecule has 2 aromatic carbocycles. The van der Waals surface area contributed by atoms with Crippen molar-refractivity contribution in [1.29, 1.82) is 0 Å². The Morgan fingerprint density at radius 3 is 2.46 bits per heavy atom. The lowest BCUT2D eigenvalue weighted by atomic mass is 10.0. The molecule has 1 fully saturated rings. The van der Waals surface area contributed by atoms with Gasteiger partial charge < -0.3 is 9.80 Å². The Balaban J connectivity index is 1.61. The molecule has 1 aromatic heterocycles. The summed E-state index contributed by atoms with van der Waals surface area (Å²) in [5.41, 5.74) is 2.76. The molecule has 4 rings (SSSR count). The maximum absolute atomic E-state index is 13.2. The van der Waals surface area contributed by atoms with Crippen molar-refractivity contribution in [3.8, 4) is 10.6 Å². The lowest BCUT2D eigenvalue weighted by Crippen LogP contribution is -2.49. The van der Waals surface area contributed by atoms with E-state index < -0.39 is 0 Å². The molecule has 0 saturated carbocycles. The molecule has 0 radical (unpaired) electrons. The summed E-state index contributed by atoms with van der Waals surface area (Å²) in [7, 11) is 2.11. The number of piperazine rings is 1. The molecule has 4 nitrogen and oxygen atoms in total. The molecule has 1 amide bonds. The van der Waals surface area contributed by atoms with Gasteiger partial charge in [-0.1, -0.05) is 60.7 Å². The highest BCUT2D eigenvalue weighted by atomic mass is 32.1. The number of amides is 1. The van der Waals surface area contributed by atoms with Crippen LogP contribution in [0.25, 0.3) is 10.6 Å². The Kier molecular flexibility index (Phi) is 4.82. The van der Waals surface area contributed by atoms with Crippen LogP contribution in [0.3, 0.4) is 0 Å². The summed E-state index contributed by atoms with van der Waals surface area (Å²) in [6.07, 6.45) is 0. The zero-order valence-corrected chi connectivity index (χ0v) is 15.5. The van der Waals surface area contributed by atoms with Crippen LogP contribution in [0, 0.1) is 0 Å². The van der Waals surface area contributed by atoms with Crippen molar-refractivity contribution < 1.29 is 4.79 Å². The minimum atomic E-state index is 0.0189. The zero-order chi connectivity index (χ0) is 17.9. The van der Waals surface area contributed by atoms with Crippen molar-refractivity contribution in [3.05, 3.63) is 77.3 Å². The summed E-state index contributed by atoms with van der Waals surface area (Å²) in [5, 5.41) is 2.77. The van der Waals surface area contributed by atoms with Crippen LogP contribution in [0.1, 0.15) is 22.1 Å². The van der Waals surface area contributed by atoms with Crippen LogP contribution in [0.15, 0.2) is 66.0 Å². The predicted octanol–water partition coefficient (Wildman–Crippen LogP) is 3.94. The Hall–Kier alpha value is -2.50. The van der Waals surface area contributed by atoms with E-state index in [1.165, 1.54) is 16.9 Å². The molecule has 1 unspecified atom stereocenters. The number of hydrogen-bond donors (Lipinski definition) is 0. The molecule has 26 heavy (non-hydrogen) atoms. The van der Waals surface area contributed by atoms with Crippen LogP contribution in [0.2, 0.25) is 0 Å². The van der Waals surface area contributed by atoms with Gasteiger partial charge in [0.2, 0.25) is 0 Å². The van der Waals surface area contributed by atoms with Crippen molar-refractivity contribution in [2.45, 2.75) is 6.04 Å². The van der Waals surface area contributed by atoms with Crippen LogP contribution >= 0.6 is 11.3 Å². The first kappa shape index (κ1) is 16.9. The molecule has 1 aliphatic heterocycles. The van der Waals surface area contributed by atoms with Gasteiger partial charge in [-0.2, -0.15) is 0 Å². The summed E-state index contributed by atoms with van der Waals surface area (Å²) in [6.45, 7) is 2.43. The average molecular weight is 363 g/mol. The number of thiazole rings is 1. The van der Waals surface area contributed by atoms with Crippen molar-refractivity contribution in [2.75, 3.05) is 26.7 Å². The third kappa shape index (κ3) is 3.41. The third-order valence-electron chi connectivity index (χ3n) is 4.77. The maximum Gasteiger partial charge on any atom is 0.273 e. The van der Waals surface area contributed by atoms with E-state index in [0.717, 1.165) is 23.7 Å². The first-order valence-electron chi connectivity index (χ1n) is 8.78. The molecule has 2 heterocycles. The lowest BCUT2D eigenvalue weighted by molar-refractivity contribution is 0.0493. The van der Waals surface area contributed by atoms with Crippen LogP contribution < -0.4 is 0 Å². The first-order chi connectivity index (χ1) is 12.7. The molecular weight excluding hydrogens is 342 g/mol. The highest BCUT2D eigenvalue weighted by Gasteiger charge is 2.31. The summed E-state index contributed by atoms with van der Waals surface area (Å²) < 4.78 is 0. The van der Waals surface area contributed by atoms with Gasteiger partial charge in [-0.3, -0.25) is 4.79 Å². The average Bonchev–Trinajstić information content (AvgIpc) is 3.19. The number of rotatable bonds is 3. The summed E-state index contributed by atoms with van der Waals surface area (Å²) >= 11 is 1.52. The van der Waals surface area contributed by atoms with E-state index >= 15 is 0 Å². The zero-order valence-electron chi connectivity index (χ0n) is 14.7. The quantitative estimate of drug-likeness (QED) is 0.707. The van der Waals surface area contributed by atoms with E-state index in [4.69, 9.17) is 0 Å². The number of aromatic nitrogens is 1. The van der Waals surface area contributed by atoms with Crippen LogP contribution in [-0.2, 0) is 0 Å². The van der Waals surface area contributed by atoms with Gasteiger partial charge in [0.1, 0.15) is 10.7 Å². The largest absolute Gasteiger partial charge is 0.328 e. The number of benzene rings is 2. The van der Waals surface area contributed by atoms with Crippen molar-refractivity contribution in [1.82, 2.24) is 14.8 Å². The summed E-state index contributed by atoms with van der Waals surface area (Å²) in [6, 6.07) is 20.3. The number of likely N-dealkylation sites (N-methyl/N-ethyl adjacent to an activating group) is 1. The molecule has 1 atom stereocenters. The standard InChI is InChI=1S/C21H21N3OS/c1-23-12-13-24(19(14-23)16-8-4-2-5-9-16)21(25)18-15-26-20(22-18)17-10-6-3-7-11-17/h2-11,15,19H,12-14H2,1H3.